The van der Waals surface area contributed by atoms with Crippen LogP contribution in [0.15, 0.2) is 12.5 Å². The molecular formula is C16H28N2O4. The monoisotopic (exact) mass is 312 g/mol. The number of ether oxygens (including phenoxy) is 3. The van der Waals surface area contributed by atoms with Crippen molar-refractivity contribution in [3.8, 4) is 0 Å². The fraction of sp³-hybridized carbons (Fsp3) is 0.812. The molecule has 0 spiro atoms. The largest absolute Gasteiger partial charge is 0.459 e. The molecular weight excluding hydrogens is 284 g/mol. The van der Waals surface area contributed by atoms with Crippen LogP contribution in [0.25, 0.3) is 0 Å². The minimum Gasteiger partial charge on any atom is -0.459 e. The van der Waals surface area contributed by atoms with E-state index in [0.717, 1.165) is 32.4 Å². The van der Waals surface area contributed by atoms with E-state index in [1.807, 2.05) is 20.8 Å². The van der Waals surface area contributed by atoms with Gasteiger partial charge in [0, 0.05) is 25.6 Å². The van der Waals surface area contributed by atoms with Crippen molar-refractivity contribution >= 4 is 6.09 Å². The molecule has 2 heterocycles. The second-order valence-electron chi connectivity index (χ2n) is 7.12. The summed E-state index contributed by atoms with van der Waals surface area (Å²) in [5.41, 5.74) is 5.73. The van der Waals surface area contributed by atoms with E-state index in [0.29, 0.717) is 12.3 Å². The molecule has 1 saturated heterocycles. The van der Waals surface area contributed by atoms with Crippen molar-refractivity contribution in [2.45, 2.75) is 64.4 Å². The summed E-state index contributed by atoms with van der Waals surface area (Å²) in [5.74, 6) is 0.544. The predicted molar refractivity (Wildman–Crippen MR) is 82.8 cm³/mol. The van der Waals surface area contributed by atoms with Gasteiger partial charge in [-0.15, -0.1) is 0 Å². The molecule has 0 aromatic heterocycles. The van der Waals surface area contributed by atoms with Crippen molar-refractivity contribution < 1.29 is 19.0 Å². The standard InChI is InChI=1S/C16H28N2O4/c1-16(2,3)22-15(19)18-6-4-12(5-7-18)10-13(17)11-14-20-8-9-21-14/h8-9,12-14H,4-7,10-11,17H2,1-3H3. The zero-order chi connectivity index (χ0) is 16.2. The lowest BCUT2D eigenvalue weighted by atomic mass is 9.89. The maximum absolute atomic E-state index is 12.0. The van der Waals surface area contributed by atoms with Crippen molar-refractivity contribution in [1.29, 1.82) is 0 Å². The number of carbonyl (C=O) groups excluding carboxylic acids is 1. The Hall–Kier alpha value is -1.43. The summed E-state index contributed by atoms with van der Waals surface area (Å²) >= 11 is 0. The molecule has 0 aromatic rings. The molecule has 6 heteroatoms. The number of hydrogen-bond acceptors (Lipinski definition) is 5. The van der Waals surface area contributed by atoms with Gasteiger partial charge in [0.05, 0.1) is 0 Å². The Morgan fingerprint density at radius 1 is 1.27 bits per heavy atom. The molecule has 0 bridgehead atoms. The Morgan fingerprint density at radius 3 is 2.41 bits per heavy atom. The number of likely N-dealkylation sites (tertiary alicyclic amines) is 1. The highest BCUT2D eigenvalue weighted by Gasteiger charge is 2.28. The third kappa shape index (κ3) is 5.40. The summed E-state index contributed by atoms with van der Waals surface area (Å²) in [6, 6.07) is 0.0583. The lowest BCUT2D eigenvalue weighted by Crippen LogP contribution is -2.42. The Kier molecular flexibility index (Phi) is 5.56. The van der Waals surface area contributed by atoms with E-state index < -0.39 is 5.60 Å². The summed E-state index contributed by atoms with van der Waals surface area (Å²) in [5, 5.41) is 0. The average molecular weight is 312 g/mol. The smallest absolute Gasteiger partial charge is 0.410 e. The van der Waals surface area contributed by atoms with E-state index in [1.54, 1.807) is 17.4 Å². The lowest BCUT2D eigenvalue weighted by molar-refractivity contribution is -0.0340. The van der Waals surface area contributed by atoms with Gasteiger partial charge in [0.15, 0.2) is 0 Å². The molecule has 2 aliphatic heterocycles. The van der Waals surface area contributed by atoms with Gasteiger partial charge in [0.25, 0.3) is 0 Å². The molecule has 0 aliphatic carbocycles. The Balaban J connectivity index is 1.67. The summed E-state index contributed by atoms with van der Waals surface area (Å²) in [4.78, 5) is 13.8. The van der Waals surface area contributed by atoms with Gasteiger partial charge in [0.1, 0.15) is 18.1 Å². The summed E-state index contributed by atoms with van der Waals surface area (Å²) < 4.78 is 15.9. The maximum Gasteiger partial charge on any atom is 0.410 e. The maximum atomic E-state index is 12.0. The first-order chi connectivity index (χ1) is 10.3. The fourth-order valence-corrected chi connectivity index (χ4v) is 2.83. The zero-order valence-corrected chi connectivity index (χ0v) is 13.8. The topological polar surface area (TPSA) is 74.0 Å². The zero-order valence-electron chi connectivity index (χ0n) is 13.8. The van der Waals surface area contributed by atoms with Crippen molar-refractivity contribution in [3.63, 3.8) is 0 Å². The normalized spacial score (nSPS) is 21.4. The number of piperidine rings is 1. The number of hydrogen-bond donors (Lipinski definition) is 1. The van der Waals surface area contributed by atoms with Crippen LogP contribution in [-0.2, 0) is 14.2 Å². The van der Waals surface area contributed by atoms with Crippen LogP contribution in [0, 0.1) is 5.92 Å². The summed E-state index contributed by atoms with van der Waals surface area (Å²) in [6.45, 7) is 7.14. The van der Waals surface area contributed by atoms with Gasteiger partial charge < -0.3 is 24.8 Å². The van der Waals surface area contributed by atoms with E-state index in [2.05, 4.69) is 0 Å². The molecule has 2 aliphatic rings. The minimum atomic E-state index is -0.439. The molecule has 1 unspecified atom stereocenters. The molecule has 22 heavy (non-hydrogen) atoms. The van der Waals surface area contributed by atoms with Crippen LogP contribution < -0.4 is 5.73 Å². The second kappa shape index (κ2) is 7.22. The summed E-state index contributed by atoms with van der Waals surface area (Å²) in [6.07, 6.45) is 6.22. The van der Waals surface area contributed by atoms with E-state index >= 15 is 0 Å². The predicted octanol–water partition coefficient (Wildman–Crippen LogP) is 2.59. The molecule has 0 aromatic carbocycles. The molecule has 126 valence electrons. The molecule has 2 N–H and O–H groups in total. The van der Waals surface area contributed by atoms with Crippen molar-refractivity contribution in [3.05, 3.63) is 12.5 Å². The average Bonchev–Trinajstić information content (AvgIpc) is 2.90. The number of nitrogens with zero attached hydrogens (tertiary/aromatic N) is 1. The third-order valence-corrected chi connectivity index (χ3v) is 3.91. The van der Waals surface area contributed by atoms with Gasteiger partial charge in [-0.05, 0) is 46.0 Å². The highest BCUT2D eigenvalue weighted by Crippen LogP contribution is 2.25. The van der Waals surface area contributed by atoms with Crippen molar-refractivity contribution in [2.24, 2.45) is 11.7 Å². The highest BCUT2D eigenvalue weighted by atomic mass is 16.7. The Morgan fingerprint density at radius 2 is 1.86 bits per heavy atom. The SMILES string of the molecule is CC(C)(C)OC(=O)N1CCC(CC(N)CC2OC=CO2)CC1. The third-order valence-electron chi connectivity index (χ3n) is 3.91. The van der Waals surface area contributed by atoms with Gasteiger partial charge in [-0.2, -0.15) is 0 Å². The van der Waals surface area contributed by atoms with Crippen molar-refractivity contribution in [1.82, 2.24) is 4.90 Å². The molecule has 0 saturated carbocycles. The van der Waals surface area contributed by atoms with Crippen LogP contribution in [0.2, 0.25) is 0 Å². The first-order valence-electron chi connectivity index (χ1n) is 8.03. The van der Waals surface area contributed by atoms with Crippen LogP contribution in [0.5, 0.6) is 0 Å². The van der Waals surface area contributed by atoms with Crippen LogP contribution in [0.3, 0.4) is 0 Å². The van der Waals surface area contributed by atoms with E-state index in [9.17, 15) is 4.79 Å². The van der Waals surface area contributed by atoms with Gasteiger partial charge in [0.2, 0.25) is 6.29 Å². The van der Waals surface area contributed by atoms with Gasteiger partial charge in [-0.25, -0.2) is 4.79 Å². The van der Waals surface area contributed by atoms with Gasteiger partial charge in [-0.3, -0.25) is 0 Å². The molecule has 0 radical (unpaired) electrons. The number of amides is 1. The second-order valence-corrected chi connectivity index (χ2v) is 7.12. The number of rotatable bonds is 4. The van der Waals surface area contributed by atoms with E-state index in [1.165, 1.54) is 0 Å². The van der Waals surface area contributed by atoms with Gasteiger partial charge in [-0.1, -0.05) is 0 Å². The molecule has 1 amide bonds. The van der Waals surface area contributed by atoms with Crippen LogP contribution >= 0.6 is 0 Å². The fourth-order valence-electron chi connectivity index (χ4n) is 2.83. The van der Waals surface area contributed by atoms with E-state index in [4.69, 9.17) is 19.9 Å². The molecule has 1 fully saturated rings. The number of carbonyl (C=O) groups is 1. The van der Waals surface area contributed by atoms with Crippen LogP contribution in [-0.4, -0.2) is 42.0 Å². The Bertz CT molecular complexity index is 389. The minimum absolute atomic E-state index is 0.0583. The van der Waals surface area contributed by atoms with Crippen molar-refractivity contribution in [2.75, 3.05) is 13.1 Å². The quantitative estimate of drug-likeness (QED) is 0.863. The number of nitrogens with two attached hydrogens (primary N) is 1. The highest BCUT2D eigenvalue weighted by molar-refractivity contribution is 5.68. The van der Waals surface area contributed by atoms with Crippen LogP contribution in [0.1, 0.15) is 46.5 Å². The first-order valence-corrected chi connectivity index (χ1v) is 8.03. The van der Waals surface area contributed by atoms with E-state index in [-0.39, 0.29) is 18.4 Å². The summed E-state index contributed by atoms with van der Waals surface area (Å²) in [7, 11) is 0. The lowest BCUT2D eigenvalue weighted by Gasteiger charge is -2.34. The molecule has 2 rings (SSSR count). The Labute approximate surface area is 132 Å². The molecule has 1 atom stereocenters. The van der Waals surface area contributed by atoms with Crippen LogP contribution in [0.4, 0.5) is 4.79 Å². The first kappa shape index (κ1) is 16.9. The van der Waals surface area contributed by atoms with Gasteiger partial charge >= 0.3 is 6.09 Å². The molecule has 6 nitrogen and oxygen atoms in total.